The van der Waals surface area contributed by atoms with Crippen molar-refractivity contribution in [2.75, 3.05) is 0 Å². The Labute approximate surface area is 88.2 Å². The van der Waals surface area contributed by atoms with Crippen molar-refractivity contribution in [1.29, 1.82) is 0 Å². The second-order valence-corrected chi connectivity index (χ2v) is 3.48. The van der Waals surface area contributed by atoms with Crippen molar-refractivity contribution < 1.29 is 9.90 Å². The third-order valence-corrected chi connectivity index (χ3v) is 2.43. The molecule has 0 saturated heterocycles. The molecule has 15 heavy (non-hydrogen) atoms. The zero-order chi connectivity index (χ0) is 10.7. The lowest BCUT2D eigenvalue weighted by atomic mass is 10.0. The van der Waals surface area contributed by atoms with E-state index in [2.05, 4.69) is 0 Å². The highest BCUT2D eigenvalue weighted by atomic mass is 16.3. The maximum absolute atomic E-state index is 10.3. The summed E-state index contributed by atoms with van der Waals surface area (Å²) >= 11 is 0. The van der Waals surface area contributed by atoms with Crippen LogP contribution in [-0.4, -0.2) is 17.5 Å². The molecule has 0 fully saturated rings. The second kappa shape index (κ2) is 4.24. The standard InChI is InChI=1S/C13H11O2/c14-9-12(15)8-11-6-3-5-10-4-1-2-7-13(10)11/h1-7,12,15H,8H2/t12-/m0/s1. The molecule has 1 N–H and O–H groups in total. The van der Waals surface area contributed by atoms with Gasteiger partial charge in [0, 0.05) is 6.42 Å². The highest BCUT2D eigenvalue weighted by Crippen LogP contribution is 2.19. The first-order valence-electron chi connectivity index (χ1n) is 4.83. The van der Waals surface area contributed by atoms with Gasteiger partial charge in [0.05, 0.1) is 0 Å². The summed E-state index contributed by atoms with van der Waals surface area (Å²) in [5.41, 5.74) is 0.976. The molecule has 2 rings (SSSR count). The largest absolute Gasteiger partial charge is 0.384 e. The molecule has 0 bridgehead atoms. The number of aliphatic hydroxyl groups is 1. The van der Waals surface area contributed by atoms with E-state index in [1.54, 1.807) is 6.29 Å². The first kappa shape index (κ1) is 9.87. The van der Waals surface area contributed by atoms with Crippen molar-refractivity contribution >= 4 is 17.1 Å². The van der Waals surface area contributed by atoms with E-state index in [0.29, 0.717) is 6.42 Å². The number of aliphatic hydroxyl groups excluding tert-OH is 1. The van der Waals surface area contributed by atoms with Gasteiger partial charge in [-0.2, -0.15) is 0 Å². The lowest BCUT2D eigenvalue weighted by Gasteiger charge is -2.06. The van der Waals surface area contributed by atoms with Crippen LogP contribution in [0.1, 0.15) is 5.56 Å². The van der Waals surface area contributed by atoms with E-state index in [9.17, 15) is 9.90 Å². The molecule has 1 atom stereocenters. The summed E-state index contributed by atoms with van der Waals surface area (Å²) in [6.45, 7) is 0. The van der Waals surface area contributed by atoms with Gasteiger partial charge in [-0.25, -0.2) is 0 Å². The van der Waals surface area contributed by atoms with Gasteiger partial charge in [-0.3, -0.25) is 4.79 Å². The molecule has 0 aliphatic heterocycles. The van der Waals surface area contributed by atoms with Gasteiger partial charge in [-0.05, 0) is 16.3 Å². The van der Waals surface area contributed by atoms with E-state index < -0.39 is 6.10 Å². The minimum absolute atomic E-state index is 0.324. The fourth-order valence-corrected chi connectivity index (χ4v) is 1.72. The molecule has 1 radical (unpaired) electrons. The number of carbonyl (C=O) groups excluding carboxylic acids is 1. The Kier molecular flexibility index (Phi) is 2.79. The number of hydrogen-bond acceptors (Lipinski definition) is 2. The average Bonchev–Trinajstić information content (AvgIpc) is 2.29. The molecule has 0 heterocycles. The van der Waals surface area contributed by atoms with Crippen LogP contribution in [0.5, 0.6) is 0 Å². The summed E-state index contributed by atoms with van der Waals surface area (Å²) in [4.78, 5) is 10.3. The number of fused-ring (bicyclic) bond motifs is 1. The summed E-state index contributed by atoms with van der Waals surface area (Å²) in [6.07, 6.45) is 0.876. The van der Waals surface area contributed by atoms with Crippen molar-refractivity contribution in [3.05, 3.63) is 48.0 Å². The Bertz CT molecular complexity index is 471. The molecule has 2 nitrogen and oxygen atoms in total. The van der Waals surface area contributed by atoms with Crippen LogP contribution in [0.2, 0.25) is 0 Å². The Morgan fingerprint density at radius 1 is 1.13 bits per heavy atom. The van der Waals surface area contributed by atoms with Crippen molar-refractivity contribution in [1.82, 2.24) is 0 Å². The molecule has 2 heteroatoms. The Balaban J connectivity index is 2.46. The van der Waals surface area contributed by atoms with Crippen LogP contribution in [0, 0.1) is 0 Å². The second-order valence-electron chi connectivity index (χ2n) is 3.48. The maximum atomic E-state index is 10.3. The molecule has 0 aromatic heterocycles. The van der Waals surface area contributed by atoms with Crippen molar-refractivity contribution in [2.45, 2.75) is 12.5 Å². The monoisotopic (exact) mass is 199 g/mol. The molecule has 2 aromatic rings. The molecular formula is C13H11O2. The normalized spacial score (nSPS) is 12.6. The molecule has 0 spiro atoms. The van der Waals surface area contributed by atoms with Gasteiger partial charge in [0.1, 0.15) is 6.10 Å². The topological polar surface area (TPSA) is 37.3 Å². The van der Waals surface area contributed by atoms with Crippen molar-refractivity contribution in [2.24, 2.45) is 0 Å². The summed E-state index contributed by atoms with van der Waals surface area (Å²) in [7, 11) is 0. The predicted molar refractivity (Wildman–Crippen MR) is 59.4 cm³/mol. The average molecular weight is 199 g/mol. The third-order valence-electron chi connectivity index (χ3n) is 2.43. The van der Waals surface area contributed by atoms with E-state index in [1.165, 1.54) is 0 Å². The van der Waals surface area contributed by atoms with Gasteiger partial charge in [0.25, 0.3) is 0 Å². The van der Waals surface area contributed by atoms with Crippen LogP contribution in [0.4, 0.5) is 0 Å². The van der Waals surface area contributed by atoms with E-state index in [-0.39, 0.29) is 0 Å². The smallest absolute Gasteiger partial charge is 0.229 e. The minimum Gasteiger partial charge on any atom is -0.384 e. The van der Waals surface area contributed by atoms with Gasteiger partial charge < -0.3 is 5.11 Å². The number of hydrogen-bond donors (Lipinski definition) is 1. The number of benzene rings is 2. The maximum Gasteiger partial charge on any atom is 0.229 e. The van der Waals surface area contributed by atoms with Crippen LogP contribution in [0.25, 0.3) is 10.8 Å². The van der Waals surface area contributed by atoms with E-state index in [0.717, 1.165) is 16.3 Å². The predicted octanol–water partition coefficient (Wildman–Crippen LogP) is 1.85. The lowest BCUT2D eigenvalue weighted by molar-refractivity contribution is 0.235. The quantitative estimate of drug-likeness (QED) is 0.819. The fourth-order valence-electron chi connectivity index (χ4n) is 1.72. The van der Waals surface area contributed by atoms with E-state index in [1.807, 2.05) is 42.5 Å². The molecule has 0 amide bonds. The van der Waals surface area contributed by atoms with Gasteiger partial charge in [-0.1, -0.05) is 42.5 Å². The minimum atomic E-state index is -1.03. The van der Waals surface area contributed by atoms with E-state index >= 15 is 0 Å². The summed E-state index contributed by atoms with van der Waals surface area (Å²) in [6, 6.07) is 13.8. The molecule has 0 aliphatic rings. The first-order valence-corrected chi connectivity index (χ1v) is 4.83. The first-order chi connectivity index (χ1) is 7.31. The molecule has 0 aliphatic carbocycles. The van der Waals surface area contributed by atoms with Gasteiger partial charge in [0.2, 0.25) is 6.29 Å². The lowest BCUT2D eigenvalue weighted by Crippen LogP contribution is -2.11. The Morgan fingerprint density at radius 3 is 2.67 bits per heavy atom. The summed E-state index contributed by atoms with van der Waals surface area (Å²) < 4.78 is 0. The Hall–Kier alpha value is -1.67. The zero-order valence-electron chi connectivity index (χ0n) is 8.18. The van der Waals surface area contributed by atoms with Gasteiger partial charge >= 0.3 is 0 Å². The third kappa shape index (κ3) is 2.05. The molecule has 0 saturated carbocycles. The van der Waals surface area contributed by atoms with Crippen LogP contribution in [0.3, 0.4) is 0 Å². The van der Waals surface area contributed by atoms with Crippen LogP contribution in [-0.2, 0) is 11.2 Å². The fraction of sp³-hybridized carbons (Fsp3) is 0.154. The van der Waals surface area contributed by atoms with Crippen LogP contribution >= 0.6 is 0 Å². The van der Waals surface area contributed by atoms with Gasteiger partial charge in [-0.15, -0.1) is 0 Å². The Morgan fingerprint density at radius 2 is 1.87 bits per heavy atom. The van der Waals surface area contributed by atoms with Crippen molar-refractivity contribution in [3.8, 4) is 0 Å². The van der Waals surface area contributed by atoms with E-state index in [4.69, 9.17) is 0 Å². The van der Waals surface area contributed by atoms with Crippen molar-refractivity contribution in [3.63, 3.8) is 0 Å². The summed E-state index contributed by atoms with van der Waals surface area (Å²) in [5.74, 6) is 0. The van der Waals surface area contributed by atoms with Crippen LogP contribution in [0.15, 0.2) is 42.5 Å². The SMILES string of the molecule is O=[C][C@@H](O)Cc1cccc2ccccc12. The number of rotatable bonds is 3. The zero-order valence-corrected chi connectivity index (χ0v) is 8.18. The highest BCUT2D eigenvalue weighted by molar-refractivity contribution is 5.86. The molecule has 2 aromatic carbocycles. The van der Waals surface area contributed by atoms with Gasteiger partial charge in [0.15, 0.2) is 0 Å². The highest BCUT2D eigenvalue weighted by Gasteiger charge is 2.07. The molecule has 0 unspecified atom stereocenters. The molecule has 75 valence electrons. The molecular weight excluding hydrogens is 188 g/mol. The summed E-state index contributed by atoms with van der Waals surface area (Å²) in [5, 5.41) is 11.4. The van der Waals surface area contributed by atoms with Crippen LogP contribution < -0.4 is 0 Å².